The Labute approximate surface area is 155 Å². The maximum absolute atomic E-state index is 14.2. The number of carbonyl (C=O) groups is 2. The second kappa shape index (κ2) is 7.30. The first-order valence-corrected chi connectivity index (χ1v) is 9.09. The summed E-state index contributed by atoms with van der Waals surface area (Å²) in [6, 6.07) is 7.60. The average molecular weight is 396 g/mol. The number of amides is 2. The summed E-state index contributed by atoms with van der Waals surface area (Å²) in [6.45, 7) is 1.35. The number of thiophene rings is 1. The Kier molecular flexibility index (Phi) is 5.12. The fourth-order valence-electron chi connectivity index (χ4n) is 2.05. The molecule has 0 aliphatic carbocycles. The van der Waals surface area contributed by atoms with Gasteiger partial charge in [0.25, 0.3) is 5.91 Å². The quantitative estimate of drug-likeness (QED) is 0.661. The highest BCUT2D eigenvalue weighted by atomic mass is 35.5. The van der Waals surface area contributed by atoms with Gasteiger partial charge in [-0.15, -0.1) is 22.7 Å². The van der Waals surface area contributed by atoms with Gasteiger partial charge in [-0.05, 0) is 30.3 Å². The van der Waals surface area contributed by atoms with Gasteiger partial charge in [0.1, 0.15) is 5.82 Å². The molecule has 1 aromatic carbocycles. The summed E-state index contributed by atoms with van der Waals surface area (Å²) in [6.07, 6.45) is 0. The lowest BCUT2D eigenvalue weighted by Crippen LogP contribution is -2.09. The number of nitrogens with one attached hydrogen (secondary N) is 2. The lowest BCUT2D eigenvalue weighted by molar-refractivity contribution is -0.114. The van der Waals surface area contributed by atoms with Crippen LogP contribution in [0.15, 0.2) is 35.7 Å². The zero-order valence-electron chi connectivity index (χ0n) is 12.8. The largest absolute Gasteiger partial charge is 0.326 e. The number of rotatable bonds is 4. The predicted molar refractivity (Wildman–Crippen MR) is 99.1 cm³/mol. The van der Waals surface area contributed by atoms with Gasteiger partial charge in [0.15, 0.2) is 5.13 Å². The fraction of sp³-hybridized carbons (Fsp3) is 0.0625. The number of hydrogen-bond donors (Lipinski definition) is 2. The molecule has 3 rings (SSSR count). The molecule has 0 spiro atoms. The molecule has 2 N–H and O–H groups in total. The first-order valence-electron chi connectivity index (χ1n) is 7.02. The lowest BCUT2D eigenvalue weighted by Gasteiger charge is -2.04. The van der Waals surface area contributed by atoms with Crippen LogP contribution in [0.25, 0.3) is 11.3 Å². The van der Waals surface area contributed by atoms with Crippen LogP contribution in [0, 0.1) is 5.82 Å². The van der Waals surface area contributed by atoms with Gasteiger partial charge in [0.05, 0.1) is 14.9 Å². The number of hydrogen-bond acceptors (Lipinski definition) is 5. The van der Waals surface area contributed by atoms with Crippen molar-refractivity contribution in [2.45, 2.75) is 6.92 Å². The Morgan fingerprint density at radius 2 is 2.00 bits per heavy atom. The molecular formula is C16H11ClFN3O2S2. The maximum atomic E-state index is 14.2. The molecule has 0 atom stereocenters. The van der Waals surface area contributed by atoms with Gasteiger partial charge in [-0.2, -0.15) is 0 Å². The summed E-state index contributed by atoms with van der Waals surface area (Å²) in [4.78, 5) is 27.8. The molecule has 0 radical (unpaired) electrons. The molecule has 2 heterocycles. The van der Waals surface area contributed by atoms with E-state index in [0.29, 0.717) is 25.7 Å². The summed E-state index contributed by atoms with van der Waals surface area (Å²) in [5, 5.41) is 7.17. The highest BCUT2D eigenvalue weighted by molar-refractivity contribution is 7.18. The number of nitrogens with zero attached hydrogens (tertiary/aromatic N) is 1. The minimum atomic E-state index is -0.514. The van der Waals surface area contributed by atoms with E-state index in [9.17, 15) is 14.0 Å². The molecule has 0 aliphatic heterocycles. The van der Waals surface area contributed by atoms with E-state index in [1.807, 2.05) is 0 Å². The van der Waals surface area contributed by atoms with Gasteiger partial charge in [0, 0.05) is 23.6 Å². The molecular weight excluding hydrogens is 385 g/mol. The zero-order chi connectivity index (χ0) is 18.0. The van der Waals surface area contributed by atoms with Crippen LogP contribution in [0.2, 0.25) is 4.34 Å². The van der Waals surface area contributed by atoms with Crippen LogP contribution in [0.4, 0.5) is 15.2 Å². The standard InChI is InChI=1S/C16H11ClFN3O2S2/c1-8(22)19-9-2-3-10(11(18)6-9)12-7-24-16(20-12)21-15(23)13-4-5-14(17)25-13/h2-7H,1H3,(H,19,22)(H,20,21,23). The second-order valence-corrected chi connectivity index (χ2v) is 7.54. The third kappa shape index (κ3) is 4.22. The van der Waals surface area contributed by atoms with Gasteiger partial charge in [0.2, 0.25) is 5.91 Å². The van der Waals surface area contributed by atoms with Crippen molar-refractivity contribution in [1.82, 2.24) is 4.98 Å². The maximum Gasteiger partial charge on any atom is 0.267 e. The topological polar surface area (TPSA) is 71.1 Å². The summed E-state index contributed by atoms with van der Waals surface area (Å²) in [7, 11) is 0. The Balaban J connectivity index is 1.77. The molecule has 0 unspecified atom stereocenters. The van der Waals surface area contributed by atoms with E-state index in [0.717, 1.165) is 11.3 Å². The van der Waals surface area contributed by atoms with Crippen molar-refractivity contribution in [2.24, 2.45) is 0 Å². The number of aromatic nitrogens is 1. The number of carbonyl (C=O) groups excluding carboxylic acids is 2. The Morgan fingerprint density at radius 1 is 1.20 bits per heavy atom. The lowest BCUT2D eigenvalue weighted by atomic mass is 10.1. The molecule has 0 fully saturated rings. The van der Waals surface area contributed by atoms with Crippen LogP contribution in [-0.4, -0.2) is 16.8 Å². The van der Waals surface area contributed by atoms with Crippen LogP contribution < -0.4 is 10.6 Å². The van der Waals surface area contributed by atoms with Gasteiger partial charge >= 0.3 is 0 Å². The van der Waals surface area contributed by atoms with Crippen molar-refractivity contribution in [2.75, 3.05) is 10.6 Å². The minimum Gasteiger partial charge on any atom is -0.326 e. The first-order chi connectivity index (χ1) is 11.9. The molecule has 2 aromatic heterocycles. The van der Waals surface area contributed by atoms with Crippen LogP contribution in [0.3, 0.4) is 0 Å². The first kappa shape index (κ1) is 17.5. The smallest absolute Gasteiger partial charge is 0.267 e. The van der Waals surface area contributed by atoms with Crippen molar-refractivity contribution in [3.8, 4) is 11.3 Å². The summed E-state index contributed by atoms with van der Waals surface area (Å²) in [5.74, 6) is -1.11. The Bertz CT molecular complexity index is 955. The van der Waals surface area contributed by atoms with E-state index in [2.05, 4.69) is 15.6 Å². The summed E-state index contributed by atoms with van der Waals surface area (Å²) >= 11 is 8.16. The van der Waals surface area contributed by atoms with Crippen LogP contribution in [0.5, 0.6) is 0 Å². The van der Waals surface area contributed by atoms with E-state index < -0.39 is 5.82 Å². The number of anilines is 2. The van der Waals surface area contributed by atoms with E-state index in [4.69, 9.17) is 11.6 Å². The van der Waals surface area contributed by atoms with Crippen molar-refractivity contribution in [3.63, 3.8) is 0 Å². The number of halogens is 2. The average Bonchev–Trinajstić information content (AvgIpc) is 3.16. The van der Waals surface area contributed by atoms with Gasteiger partial charge in [-0.1, -0.05) is 11.6 Å². The third-order valence-corrected chi connectivity index (χ3v) is 5.07. The van der Waals surface area contributed by atoms with Crippen LogP contribution in [-0.2, 0) is 4.79 Å². The molecule has 3 aromatic rings. The predicted octanol–water partition coefficient (Wildman–Crippen LogP) is 4.87. The van der Waals surface area contributed by atoms with Gasteiger partial charge in [-0.3, -0.25) is 14.9 Å². The number of benzene rings is 1. The molecule has 25 heavy (non-hydrogen) atoms. The molecule has 0 aliphatic rings. The van der Waals surface area contributed by atoms with Crippen molar-refractivity contribution >= 4 is 56.9 Å². The molecule has 0 saturated heterocycles. The van der Waals surface area contributed by atoms with E-state index in [-0.39, 0.29) is 17.4 Å². The monoisotopic (exact) mass is 395 g/mol. The van der Waals surface area contributed by atoms with Gasteiger partial charge < -0.3 is 5.32 Å². The minimum absolute atomic E-state index is 0.278. The Hall–Kier alpha value is -2.29. The van der Waals surface area contributed by atoms with E-state index in [1.165, 1.54) is 30.4 Å². The summed E-state index contributed by atoms with van der Waals surface area (Å²) in [5.41, 5.74) is 1.05. The molecule has 0 saturated carbocycles. The highest BCUT2D eigenvalue weighted by Crippen LogP contribution is 2.29. The second-order valence-electron chi connectivity index (χ2n) is 4.97. The Morgan fingerprint density at radius 3 is 2.64 bits per heavy atom. The summed E-state index contributed by atoms with van der Waals surface area (Å²) < 4.78 is 14.8. The third-order valence-electron chi connectivity index (χ3n) is 3.09. The SMILES string of the molecule is CC(=O)Nc1ccc(-c2csc(NC(=O)c3ccc(Cl)s3)n2)c(F)c1. The van der Waals surface area contributed by atoms with E-state index in [1.54, 1.807) is 23.6 Å². The van der Waals surface area contributed by atoms with Crippen LogP contribution in [0.1, 0.15) is 16.6 Å². The van der Waals surface area contributed by atoms with Crippen molar-refractivity contribution in [1.29, 1.82) is 0 Å². The highest BCUT2D eigenvalue weighted by Gasteiger charge is 2.14. The molecule has 128 valence electrons. The fourth-order valence-corrected chi connectivity index (χ4v) is 3.70. The van der Waals surface area contributed by atoms with Gasteiger partial charge in [-0.25, -0.2) is 9.37 Å². The normalized spacial score (nSPS) is 10.5. The van der Waals surface area contributed by atoms with Crippen molar-refractivity contribution in [3.05, 3.63) is 50.7 Å². The molecule has 2 amide bonds. The van der Waals surface area contributed by atoms with Crippen LogP contribution >= 0.6 is 34.3 Å². The zero-order valence-corrected chi connectivity index (χ0v) is 15.2. The number of thiazole rings is 1. The van der Waals surface area contributed by atoms with Crippen molar-refractivity contribution < 1.29 is 14.0 Å². The molecule has 9 heteroatoms. The molecule has 5 nitrogen and oxygen atoms in total. The molecule has 0 bridgehead atoms. The van der Waals surface area contributed by atoms with E-state index >= 15 is 0 Å².